The van der Waals surface area contributed by atoms with E-state index in [1.807, 2.05) is 6.92 Å². The topological polar surface area (TPSA) is 40.1 Å². The van der Waals surface area contributed by atoms with Crippen LogP contribution >= 0.6 is 0 Å². The van der Waals surface area contributed by atoms with Gasteiger partial charge in [-0.2, -0.15) is 0 Å². The molecule has 1 atom stereocenters. The van der Waals surface area contributed by atoms with Crippen LogP contribution < -0.4 is 0 Å². The van der Waals surface area contributed by atoms with E-state index < -0.39 is 0 Å². The molecule has 0 spiro atoms. The number of hydrogen-bond donors (Lipinski definition) is 1. The lowest BCUT2D eigenvalue weighted by Gasteiger charge is -2.02. The molecule has 2 nitrogen and oxygen atoms in total. The average molecular weight is 117 g/mol. The normalized spacial score (nSPS) is 13.9. The number of hydrogen-bond acceptors (Lipinski definition) is 1. The number of aliphatic hydroxyl groups excluding tert-OH is 1. The Balaban J connectivity index is 2.86. The van der Waals surface area contributed by atoms with Crippen molar-refractivity contribution in [2.24, 2.45) is 0 Å². The Morgan fingerprint density at radius 1 is 1.62 bits per heavy atom. The van der Waals surface area contributed by atoms with E-state index >= 15 is 0 Å². The smallest absolute Gasteiger partial charge is 0.0823 e. The van der Waals surface area contributed by atoms with Gasteiger partial charge in [-0.1, -0.05) is 6.92 Å². The van der Waals surface area contributed by atoms with Crippen molar-refractivity contribution >= 4 is 0 Å². The maximum Gasteiger partial charge on any atom is 0.0823 e. The SMILES string of the molecule is CCC(O)CCC[O]. The zero-order chi connectivity index (χ0) is 6.41. The van der Waals surface area contributed by atoms with Gasteiger partial charge in [0, 0.05) is 0 Å². The van der Waals surface area contributed by atoms with Gasteiger partial charge in [0.2, 0.25) is 0 Å². The second-order valence-corrected chi connectivity index (χ2v) is 1.91. The molecule has 0 fully saturated rings. The predicted octanol–water partition coefficient (Wildman–Crippen LogP) is 0.968. The van der Waals surface area contributed by atoms with Gasteiger partial charge < -0.3 is 5.11 Å². The molecule has 0 aromatic rings. The molecule has 0 aromatic heterocycles. The fourth-order valence-corrected chi connectivity index (χ4v) is 0.523. The number of aliphatic hydroxyl groups is 1. The van der Waals surface area contributed by atoms with E-state index in [0.717, 1.165) is 6.42 Å². The highest BCUT2D eigenvalue weighted by molar-refractivity contribution is 4.50. The summed E-state index contributed by atoms with van der Waals surface area (Å²) in [6.07, 6.45) is 1.79. The molecule has 0 saturated heterocycles. The molecule has 0 amide bonds. The fourth-order valence-electron chi connectivity index (χ4n) is 0.523. The summed E-state index contributed by atoms with van der Waals surface area (Å²) in [5.41, 5.74) is 0. The predicted molar refractivity (Wildman–Crippen MR) is 31.1 cm³/mol. The lowest BCUT2D eigenvalue weighted by molar-refractivity contribution is 0.128. The van der Waals surface area contributed by atoms with Gasteiger partial charge in [-0.15, -0.1) is 0 Å². The van der Waals surface area contributed by atoms with Gasteiger partial charge >= 0.3 is 0 Å². The molecule has 0 aromatic carbocycles. The summed E-state index contributed by atoms with van der Waals surface area (Å²) in [6.45, 7) is 1.85. The Hall–Kier alpha value is -0.0800. The lowest BCUT2D eigenvalue weighted by Crippen LogP contribution is -2.04. The standard InChI is InChI=1S/C6H13O2/c1-2-6(8)4-3-5-7/h6,8H,2-5H2,1H3. The average Bonchev–Trinajstić information content (AvgIpc) is 1.83. The van der Waals surface area contributed by atoms with Crippen LogP contribution in [0.4, 0.5) is 0 Å². The molecule has 1 unspecified atom stereocenters. The Kier molecular flexibility index (Phi) is 5.01. The van der Waals surface area contributed by atoms with Gasteiger partial charge in [-0.3, -0.25) is 0 Å². The first-order valence-corrected chi connectivity index (χ1v) is 3.07. The van der Waals surface area contributed by atoms with Crippen LogP contribution in [0.25, 0.3) is 0 Å². The first kappa shape index (κ1) is 7.92. The van der Waals surface area contributed by atoms with Crippen LogP contribution in [0.5, 0.6) is 0 Å². The van der Waals surface area contributed by atoms with Crippen molar-refractivity contribution < 1.29 is 10.2 Å². The van der Waals surface area contributed by atoms with Crippen LogP contribution in [0.3, 0.4) is 0 Å². The highest BCUT2D eigenvalue weighted by atomic mass is 16.3. The van der Waals surface area contributed by atoms with Crippen molar-refractivity contribution in [2.45, 2.75) is 32.3 Å². The Morgan fingerprint density at radius 3 is 2.62 bits per heavy atom. The summed E-state index contributed by atoms with van der Waals surface area (Å²) in [7, 11) is 0. The third kappa shape index (κ3) is 4.09. The highest BCUT2D eigenvalue weighted by Gasteiger charge is 1.97. The second kappa shape index (κ2) is 5.06. The molecular weight excluding hydrogens is 104 g/mol. The number of rotatable bonds is 4. The minimum atomic E-state index is -0.246. The molecule has 0 saturated carbocycles. The van der Waals surface area contributed by atoms with Crippen molar-refractivity contribution in [3.05, 3.63) is 0 Å². The second-order valence-electron chi connectivity index (χ2n) is 1.91. The fraction of sp³-hybridized carbons (Fsp3) is 1.00. The van der Waals surface area contributed by atoms with E-state index in [0.29, 0.717) is 12.8 Å². The minimum absolute atomic E-state index is 0.0585. The van der Waals surface area contributed by atoms with Gasteiger partial charge in [-0.25, -0.2) is 5.11 Å². The van der Waals surface area contributed by atoms with Gasteiger partial charge in [0.1, 0.15) is 0 Å². The first-order chi connectivity index (χ1) is 3.81. The van der Waals surface area contributed by atoms with Crippen molar-refractivity contribution in [1.82, 2.24) is 0 Å². The molecule has 8 heavy (non-hydrogen) atoms. The molecule has 1 radical (unpaired) electrons. The molecule has 0 aliphatic rings. The minimum Gasteiger partial charge on any atom is -0.393 e. The van der Waals surface area contributed by atoms with Gasteiger partial charge in [-0.05, 0) is 19.3 Å². The van der Waals surface area contributed by atoms with Crippen molar-refractivity contribution in [2.75, 3.05) is 6.61 Å². The van der Waals surface area contributed by atoms with E-state index in [9.17, 15) is 5.11 Å². The van der Waals surface area contributed by atoms with Crippen LogP contribution in [0.2, 0.25) is 0 Å². The van der Waals surface area contributed by atoms with E-state index in [4.69, 9.17) is 5.11 Å². The zero-order valence-corrected chi connectivity index (χ0v) is 5.26. The van der Waals surface area contributed by atoms with Gasteiger partial charge in [0.15, 0.2) is 0 Å². The van der Waals surface area contributed by atoms with E-state index in [2.05, 4.69) is 0 Å². The monoisotopic (exact) mass is 117 g/mol. The summed E-state index contributed by atoms with van der Waals surface area (Å²) >= 11 is 0. The zero-order valence-electron chi connectivity index (χ0n) is 5.26. The molecule has 0 bridgehead atoms. The molecule has 2 heteroatoms. The molecule has 0 aliphatic heterocycles. The third-order valence-electron chi connectivity index (χ3n) is 1.15. The summed E-state index contributed by atoms with van der Waals surface area (Å²) < 4.78 is 0. The van der Waals surface area contributed by atoms with E-state index in [1.54, 1.807) is 0 Å². The summed E-state index contributed by atoms with van der Waals surface area (Å²) in [4.78, 5) is 0. The maximum atomic E-state index is 9.84. The van der Waals surface area contributed by atoms with Crippen molar-refractivity contribution in [1.29, 1.82) is 0 Å². The van der Waals surface area contributed by atoms with E-state index in [-0.39, 0.29) is 12.7 Å². The first-order valence-electron chi connectivity index (χ1n) is 3.07. The highest BCUT2D eigenvalue weighted by Crippen LogP contribution is 1.98. The van der Waals surface area contributed by atoms with Crippen LogP contribution in [-0.4, -0.2) is 17.8 Å². The van der Waals surface area contributed by atoms with E-state index in [1.165, 1.54) is 0 Å². The van der Waals surface area contributed by atoms with Crippen molar-refractivity contribution in [3.8, 4) is 0 Å². The largest absolute Gasteiger partial charge is 0.393 e. The molecule has 0 rings (SSSR count). The maximum absolute atomic E-state index is 9.84. The quantitative estimate of drug-likeness (QED) is 0.585. The molecule has 49 valence electrons. The van der Waals surface area contributed by atoms with Crippen LogP contribution in [0.15, 0.2) is 0 Å². The van der Waals surface area contributed by atoms with Crippen LogP contribution in [-0.2, 0) is 5.11 Å². The van der Waals surface area contributed by atoms with Gasteiger partial charge in [0.25, 0.3) is 0 Å². The van der Waals surface area contributed by atoms with Gasteiger partial charge in [0.05, 0.1) is 12.7 Å². The Labute approximate surface area is 50.2 Å². The van der Waals surface area contributed by atoms with Crippen LogP contribution in [0, 0.1) is 0 Å². The summed E-state index contributed by atoms with van der Waals surface area (Å²) in [6, 6.07) is 0. The van der Waals surface area contributed by atoms with Crippen molar-refractivity contribution in [3.63, 3.8) is 0 Å². The van der Waals surface area contributed by atoms with Crippen LogP contribution in [0.1, 0.15) is 26.2 Å². The summed E-state index contributed by atoms with van der Waals surface area (Å²) in [5.74, 6) is 0. The molecule has 1 N–H and O–H groups in total. The molecule has 0 aliphatic carbocycles. The Bertz CT molecular complexity index is 45.8. The third-order valence-corrected chi connectivity index (χ3v) is 1.15. The summed E-state index contributed by atoms with van der Waals surface area (Å²) in [5, 5.41) is 18.7. The lowest BCUT2D eigenvalue weighted by atomic mass is 10.2. The molecular formula is C6H13O2. The Morgan fingerprint density at radius 2 is 2.25 bits per heavy atom. The molecule has 0 heterocycles.